The van der Waals surface area contributed by atoms with Crippen LogP contribution in [0.1, 0.15) is 27.4 Å². The minimum absolute atomic E-state index is 0.248. The molecule has 126 valence electrons. The van der Waals surface area contributed by atoms with Crippen LogP contribution in [-0.2, 0) is 6.54 Å². The lowest BCUT2D eigenvalue weighted by atomic mass is 10.2. The fourth-order valence-electron chi connectivity index (χ4n) is 2.37. The molecule has 6 nitrogen and oxygen atoms in total. The molecule has 0 spiro atoms. The molecule has 0 atom stereocenters. The molecule has 2 aromatic heterocycles. The first-order chi connectivity index (χ1) is 12.1. The number of nitrogens with zero attached hydrogens (tertiary/aromatic N) is 3. The van der Waals surface area contributed by atoms with Gasteiger partial charge in [-0.05, 0) is 37.1 Å². The lowest BCUT2D eigenvalue weighted by Crippen LogP contribution is -2.24. The predicted molar refractivity (Wildman–Crippen MR) is 96.6 cm³/mol. The Labute approximate surface area is 146 Å². The average Bonchev–Trinajstić information content (AvgIpc) is 2.62. The van der Waals surface area contributed by atoms with Gasteiger partial charge < -0.3 is 10.6 Å². The first-order valence-corrected chi connectivity index (χ1v) is 7.97. The van der Waals surface area contributed by atoms with Crippen molar-refractivity contribution in [1.82, 2.24) is 20.3 Å². The van der Waals surface area contributed by atoms with Crippen LogP contribution in [0.15, 0.2) is 54.9 Å². The molecule has 25 heavy (non-hydrogen) atoms. The molecule has 1 aromatic carbocycles. The first kappa shape index (κ1) is 16.6. The molecule has 6 heteroatoms. The van der Waals surface area contributed by atoms with E-state index < -0.39 is 0 Å². The number of para-hydroxylation sites is 1. The van der Waals surface area contributed by atoms with E-state index in [0.29, 0.717) is 23.9 Å². The Balaban J connectivity index is 1.74. The first-order valence-electron chi connectivity index (χ1n) is 7.97. The second kappa shape index (κ2) is 7.53. The van der Waals surface area contributed by atoms with Gasteiger partial charge in [0.2, 0.25) is 0 Å². The molecule has 2 heterocycles. The van der Waals surface area contributed by atoms with Gasteiger partial charge in [-0.1, -0.05) is 24.3 Å². The van der Waals surface area contributed by atoms with Gasteiger partial charge in [0.15, 0.2) is 0 Å². The number of anilines is 2. The third-order valence-corrected chi connectivity index (χ3v) is 3.65. The highest BCUT2D eigenvalue weighted by Gasteiger charge is 2.11. The largest absolute Gasteiger partial charge is 0.347 e. The third kappa shape index (κ3) is 4.38. The van der Waals surface area contributed by atoms with Crippen molar-refractivity contribution >= 4 is 17.4 Å². The van der Waals surface area contributed by atoms with Crippen molar-refractivity contribution < 1.29 is 4.79 Å². The number of hydrogen-bond donors (Lipinski definition) is 2. The van der Waals surface area contributed by atoms with Gasteiger partial charge in [0.1, 0.15) is 17.3 Å². The van der Waals surface area contributed by atoms with Crippen LogP contribution < -0.4 is 10.6 Å². The highest BCUT2D eigenvalue weighted by atomic mass is 16.1. The van der Waals surface area contributed by atoms with Crippen molar-refractivity contribution in [3.63, 3.8) is 0 Å². The smallest absolute Gasteiger partial charge is 0.270 e. The summed E-state index contributed by atoms with van der Waals surface area (Å²) < 4.78 is 0. The molecule has 0 aliphatic carbocycles. The van der Waals surface area contributed by atoms with E-state index in [9.17, 15) is 4.79 Å². The fourth-order valence-corrected chi connectivity index (χ4v) is 2.37. The van der Waals surface area contributed by atoms with Gasteiger partial charge in [0, 0.05) is 30.7 Å². The van der Waals surface area contributed by atoms with Crippen LogP contribution in [0, 0.1) is 13.8 Å². The normalized spacial score (nSPS) is 10.3. The van der Waals surface area contributed by atoms with Crippen LogP contribution in [0.5, 0.6) is 0 Å². The van der Waals surface area contributed by atoms with Crippen LogP contribution in [0.3, 0.4) is 0 Å². The second-order valence-corrected chi connectivity index (χ2v) is 5.67. The van der Waals surface area contributed by atoms with E-state index in [1.807, 2.05) is 43.3 Å². The Bertz CT molecular complexity index is 880. The Morgan fingerprint density at radius 1 is 1.08 bits per heavy atom. The zero-order valence-electron chi connectivity index (χ0n) is 14.2. The van der Waals surface area contributed by atoms with Crippen molar-refractivity contribution in [2.24, 2.45) is 0 Å². The maximum atomic E-state index is 12.4. The molecule has 0 saturated heterocycles. The van der Waals surface area contributed by atoms with E-state index in [1.165, 1.54) is 0 Å². The summed E-state index contributed by atoms with van der Waals surface area (Å²) in [7, 11) is 0. The molecule has 3 rings (SSSR count). The lowest BCUT2D eigenvalue weighted by Gasteiger charge is -2.11. The minimum Gasteiger partial charge on any atom is -0.347 e. The molecule has 0 aliphatic rings. The van der Waals surface area contributed by atoms with Gasteiger partial charge in [0.25, 0.3) is 5.91 Å². The lowest BCUT2D eigenvalue weighted by molar-refractivity contribution is 0.0945. The molecule has 0 saturated carbocycles. The number of pyridine rings is 1. The zero-order chi connectivity index (χ0) is 17.6. The summed E-state index contributed by atoms with van der Waals surface area (Å²) in [6.07, 6.45) is 3.42. The number of hydrogen-bond acceptors (Lipinski definition) is 5. The Morgan fingerprint density at radius 2 is 1.92 bits per heavy atom. The fraction of sp³-hybridized carbons (Fsp3) is 0.158. The third-order valence-electron chi connectivity index (χ3n) is 3.65. The van der Waals surface area contributed by atoms with Crippen molar-refractivity contribution in [2.75, 3.05) is 5.32 Å². The Morgan fingerprint density at radius 3 is 2.68 bits per heavy atom. The monoisotopic (exact) mass is 333 g/mol. The number of aryl methyl sites for hydroxylation is 2. The molecule has 0 unspecified atom stereocenters. The highest BCUT2D eigenvalue weighted by molar-refractivity contribution is 5.93. The number of carbonyl (C=O) groups is 1. The van der Waals surface area contributed by atoms with E-state index in [0.717, 1.165) is 16.8 Å². The number of carbonyl (C=O) groups excluding carboxylic acids is 1. The van der Waals surface area contributed by atoms with Crippen LogP contribution in [0.25, 0.3) is 0 Å². The average molecular weight is 333 g/mol. The van der Waals surface area contributed by atoms with Gasteiger partial charge in [-0.3, -0.25) is 9.78 Å². The van der Waals surface area contributed by atoms with Crippen molar-refractivity contribution in [1.29, 1.82) is 0 Å². The minimum atomic E-state index is -0.248. The van der Waals surface area contributed by atoms with Gasteiger partial charge in [-0.25, -0.2) is 9.97 Å². The van der Waals surface area contributed by atoms with Crippen LogP contribution in [0.4, 0.5) is 11.5 Å². The molecule has 0 aliphatic heterocycles. The quantitative estimate of drug-likeness (QED) is 0.750. The Hall–Kier alpha value is -3.28. The van der Waals surface area contributed by atoms with Crippen molar-refractivity contribution in [2.45, 2.75) is 20.4 Å². The van der Waals surface area contributed by atoms with Gasteiger partial charge in [-0.15, -0.1) is 0 Å². The van der Waals surface area contributed by atoms with E-state index in [4.69, 9.17) is 0 Å². The van der Waals surface area contributed by atoms with Crippen LogP contribution in [0.2, 0.25) is 0 Å². The summed E-state index contributed by atoms with van der Waals surface area (Å²) >= 11 is 0. The molecule has 1 amide bonds. The van der Waals surface area contributed by atoms with E-state index >= 15 is 0 Å². The maximum absolute atomic E-state index is 12.4. The highest BCUT2D eigenvalue weighted by Crippen LogP contribution is 2.19. The second-order valence-electron chi connectivity index (χ2n) is 5.67. The van der Waals surface area contributed by atoms with E-state index in [2.05, 4.69) is 25.6 Å². The van der Waals surface area contributed by atoms with Gasteiger partial charge >= 0.3 is 0 Å². The number of amides is 1. The molecule has 2 N–H and O–H groups in total. The summed E-state index contributed by atoms with van der Waals surface area (Å²) in [5, 5.41) is 6.09. The van der Waals surface area contributed by atoms with E-state index in [-0.39, 0.29) is 5.91 Å². The van der Waals surface area contributed by atoms with Crippen molar-refractivity contribution in [3.8, 4) is 0 Å². The maximum Gasteiger partial charge on any atom is 0.270 e. The van der Waals surface area contributed by atoms with Crippen LogP contribution >= 0.6 is 0 Å². The molecular formula is C19H19N5O. The number of aromatic nitrogens is 3. The molecule has 3 aromatic rings. The Kier molecular flexibility index (Phi) is 4.99. The number of benzene rings is 1. The molecule has 0 fully saturated rings. The SMILES string of the molecule is Cc1nc(Nc2ccccc2C)cc(C(=O)NCc2cccnc2)n1. The molecule has 0 radical (unpaired) electrons. The summed E-state index contributed by atoms with van der Waals surface area (Å²) in [4.78, 5) is 25.0. The summed E-state index contributed by atoms with van der Waals surface area (Å²) in [5.74, 6) is 0.876. The summed E-state index contributed by atoms with van der Waals surface area (Å²) in [6.45, 7) is 4.18. The molecule has 0 bridgehead atoms. The van der Waals surface area contributed by atoms with Crippen molar-refractivity contribution in [3.05, 3.63) is 77.5 Å². The van der Waals surface area contributed by atoms with Gasteiger partial charge in [-0.2, -0.15) is 0 Å². The standard InChI is InChI=1S/C19H19N5O/c1-13-6-3-4-8-16(13)24-18-10-17(22-14(2)23-18)19(25)21-12-15-7-5-9-20-11-15/h3-11H,12H2,1-2H3,(H,21,25)(H,22,23,24). The predicted octanol–water partition coefficient (Wildman–Crippen LogP) is 3.16. The number of nitrogens with one attached hydrogen (secondary N) is 2. The van der Waals surface area contributed by atoms with Gasteiger partial charge in [0.05, 0.1) is 0 Å². The topological polar surface area (TPSA) is 79.8 Å². The summed E-state index contributed by atoms with van der Waals surface area (Å²) in [5.41, 5.74) is 3.30. The van der Waals surface area contributed by atoms with E-state index in [1.54, 1.807) is 25.4 Å². The zero-order valence-corrected chi connectivity index (χ0v) is 14.2. The number of rotatable bonds is 5. The van der Waals surface area contributed by atoms with Crippen LogP contribution in [-0.4, -0.2) is 20.9 Å². The molecular weight excluding hydrogens is 314 g/mol. The summed E-state index contributed by atoms with van der Waals surface area (Å²) in [6, 6.07) is 13.3.